The van der Waals surface area contributed by atoms with Crippen LogP contribution in [-0.2, 0) is 16.4 Å². The van der Waals surface area contributed by atoms with Crippen LogP contribution >= 0.6 is 0 Å². The van der Waals surface area contributed by atoms with Crippen LogP contribution in [0.5, 0.6) is 0 Å². The number of aromatic nitrogens is 2. The highest BCUT2D eigenvalue weighted by atomic mass is 32.2. The highest BCUT2D eigenvalue weighted by Crippen LogP contribution is 2.20. The van der Waals surface area contributed by atoms with E-state index in [2.05, 4.69) is 4.98 Å². The minimum Gasteiger partial charge on any atom is -0.268 e. The van der Waals surface area contributed by atoms with Gasteiger partial charge in [-0.05, 0) is 36.8 Å². The van der Waals surface area contributed by atoms with Crippen LogP contribution in [0.3, 0.4) is 0 Å². The van der Waals surface area contributed by atoms with Gasteiger partial charge in [0.25, 0.3) is 11.2 Å². The molecule has 0 unspecified atom stereocenters. The molecule has 0 aliphatic carbocycles. The average molecular weight is 388 g/mol. The number of hydrogen-bond donors (Lipinski definition) is 1. The Labute approximate surface area is 154 Å². The van der Waals surface area contributed by atoms with Crippen LogP contribution in [0.1, 0.15) is 19.2 Å². The highest BCUT2D eigenvalue weighted by Gasteiger charge is 2.16. The molecule has 9 nitrogen and oxygen atoms in total. The second kappa shape index (κ2) is 6.89. The summed E-state index contributed by atoms with van der Waals surface area (Å²) >= 11 is 0. The van der Waals surface area contributed by atoms with Gasteiger partial charge in [-0.2, -0.15) is 0 Å². The van der Waals surface area contributed by atoms with Gasteiger partial charge in [-0.1, -0.05) is 6.92 Å². The fourth-order valence-electron chi connectivity index (χ4n) is 2.78. The molecule has 1 heterocycles. The van der Waals surface area contributed by atoms with E-state index in [1.807, 2.05) is 6.92 Å². The summed E-state index contributed by atoms with van der Waals surface area (Å²) in [4.78, 5) is 27.8. The number of nitro benzene ring substituents is 1. The lowest BCUT2D eigenvalue weighted by Crippen LogP contribution is -2.24. The molecule has 1 aromatic heterocycles. The van der Waals surface area contributed by atoms with Gasteiger partial charge in [-0.3, -0.25) is 19.5 Å². The molecule has 0 radical (unpaired) electrons. The number of hydrogen-bond acceptors (Lipinski definition) is 6. The number of fused-ring (bicyclic) bond motifs is 1. The molecule has 140 valence electrons. The summed E-state index contributed by atoms with van der Waals surface area (Å²) in [5.74, 6) is 0.429. The quantitative estimate of drug-likeness (QED) is 0.523. The molecule has 0 aliphatic rings. The summed E-state index contributed by atoms with van der Waals surface area (Å²) in [5, 5.41) is 16.3. The molecule has 3 aromatic rings. The molecule has 0 amide bonds. The van der Waals surface area contributed by atoms with E-state index < -0.39 is 14.9 Å². The van der Waals surface area contributed by atoms with E-state index in [1.165, 1.54) is 47.0 Å². The molecule has 0 spiro atoms. The summed E-state index contributed by atoms with van der Waals surface area (Å²) in [7, 11) is -3.85. The molecule has 3 rings (SSSR count). The summed E-state index contributed by atoms with van der Waals surface area (Å²) in [6, 6.07) is 9.45. The number of benzene rings is 2. The first-order valence-corrected chi connectivity index (χ1v) is 9.60. The Bertz CT molecular complexity index is 1200. The number of non-ortho nitro benzene ring substituents is 1. The Kier molecular flexibility index (Phi) is 4.77. The maximum Gasteiger partial charge on any atom is 0.271 e. The van der Waals surface area contributed by atoms with Gasteiger partial charge < -0.3 is 0 Å². The molecule has 10 heteroatoms. The number of nitrogens with zero attached hydrogens (tertiary/aromatic N) is 3. The number of nitro groups is 1. The van der Waals surface area contributed by atoms with Crippen molar-refractivity contribution in [1.29, 1.82) is 0 Å². The molecule has 0 fully saturated rings. The number of primary sulfonamides is 1. The Hall–Kier alpha value is -3.11. The normalized spacial score (nSPS) is 11.6. The fourth-order valence-corrected chi connectivity index (χ4v) is 3.29. The molecule has 0 aliphatic heterocycles. The van der Waals surface area contributed by atoms with Gasteiger partial charge in [0.2, 0.25) is 10.0 Å². The standard InChI is InChI=1S/C17H16N4O5S/c1-2-3-16-19-15-10-12(21(23)24)6-9-14(15)17(22)20(16)11-4-7-13(8-5-11)27(18,25)26/h4-10H,2-3H2,1H3,(H2,18,25,26). The summed E-state index contributed by atoms with van der Waals surface area (Å²) in [6.07, 6.45) is 1.16. The van der Waals surface area contributed by atoms with Gasteiger partial charge in [0.1, 0.15) is 5.82 Å². The molecule has 2 N–H and O–H groups in total. The lowest BCUT2D eigenvalue weighted by molar-refractivity contribution is -0.384. The van der Waals surface area contributed by atoms with Crippen molar-refractivity contribution in [1.82, 2.24) is 9.55 Å². The second-order valence-electron chi connectivity index (χ2n) is 5.92. The van der Waals surface area contributed by atoms with Crippen LogP contribution in [-0.4, -0.2) is 22.9 Å². The van der Waals surface area contributed by atoms with Gasteiger partial charge >= 0.3 is 0 Å². The van der Waals surface area contributed by atoms with Crippen molar-refractivity contribution in [3.63, 3.8) is 0 Å². The molecule has 2 aromatic carbocycles. The number of sulfonamides is 1. The third-order valence-corrected chi connectivity index (χ3v) is 4.96. The zero-order valence-electron chi connectivity index (χ0n) is 14.3. The first kappa shape index (κ1) is 18.7. The molecular formula is C17H16N4O5S. The zero-order chi connectivity index (χ0) is 19.8. The predicted octanol–water partition coefficient (Wildman–Crippen LogP) is 1.89. The second-order valence-corrected chi connectivity index (χ2v) is 7.48. The first-order chi connectivity index (χ1) is 12.7. The van der Waals surface area contributed by atoms with Crippen LogP contribution < -0.4 is 10.7 Å². The van der Waals surface area contributed by atoms with Gasteiger partial charge in [0.05, 0.1) is 26.4 Å². The van der Waals surface area contributed by atoms with Crippen LogP contribution in [0, 0.1) is 10.1 Å². The SMILES string of the molecule is CCCc1nc2cc([N+](=O)[O-])ccc2c(=O)n1-c1ccc(S(N)(=O)=O)cc1. The van der Waals surface area contributed by atoms with Crippen LogP contribution in [0.25, 0.3) is 16.6 Å². The van der Waals surface area contributed by atoms with E-state index in [0.717, 1.165) is 0 Å². The van der Waals surface area contributed by atoms with Crippen LogP contribution in [0.4, 0.5) is 5.69 Å². The third kappa shape index (κ3) is 3.57. The van der Waals surface area contributed by atoms with Gasteiger partial charge in [-0.15, -0.1) is 0 Å². The van der Waals surface area contributed by atoms with E-state index in [4.69, 9.17) is 5.14 Å². The van der Waals surface area contributed by atoms with Crippen molar-refractivity contribution >= 4 is 26.6 Å². The molecule has 0 atom stereocenters. The van der Waals surface area contributed by atoms with E-state index in [0.29, 0.717) is 24.4 Å². The summed E-state index contributed by atoms with van der Waals surface area (Å²) in [5.41, 5.74) is 0.146. The number of aryl methyl sites for hydroxylation is 1. The van der Waals surface area contributed by atoms with Crippen molar-refractivity contribution in [2.24, 2.45) is 5.14 Å². The topological polar surface area (TPSA) is 138 Å². The van der Waals surface area contributed by atoms with Crippen LogP contribution in [0.2, 0.25) is 0 Å². The Balaban J connectivity index is 2.26. The van der Waals surface area contributed by atoms with Crippen molar-refractivity contribution in [3.05, 3.63) is 68.8 Å². The molecular weight excluding hydrogens is 372 g/mol. The maximum atomic E-state index is 13.0. The van der Waals surface area contributed by atoms with E-state index >= 15 is 0 Å². The average Bonchev–Trinajstić information content (AvgIpc) is 2.61. The minimum atomic E-state index is -3.85. The maximum absolute atomic E-state index is 13.0. The summed E-state index contributed by atoms with van der Waals surface area (Å²) < 4.78 is 24.2. The van der Waals surface area contributed by atoms with Crippen molar-refractivity contribution in [2.75, 3.05) is 0 Å². The smallest absolute Gasteiger partial charge is 0.268 e. The zero-order valence-corrected chi connectivity index (χ0v) is 15.1. The van der Waals surface area contributed by atoms with Crippen molar-refractivity contribution < 1.29 is 13.3 Å². The van der Waals surface area contributed by atoms with E-state index in [-0.39, 0.29) is 27.0 Å². The Morgan fingerprint density at radius 3 is 2.41 bits per heavy atom. The Morgan fingerprint density at radius 2 is 1.85 bits per heavy atom. The highest BCUT2D eigenvalue weighted by molar-refractivity contribution is 7.89. The van der Waals surface area contributed by atoms with Crippen molar-refractivity contribution in [2.45, 2.75) is 24.7 Å². The molecule has 27 heavy (non-hydrogen) atoms. The lowest BCUT2D eigenvalue weighted by atomic mass is 10.2. The van der Waals surface area contributed by atoms with Crippen molar-refractivity contribution in [3.8, 4) is 5.69 Å². The molecule has 0 saturated heterocycles. The Morgan fingerprint density at radius 1 is 1.19 bits per heavy atom. The largest absolute Gasteiger partial charge is 0.271 e. The van der Waals surface area contributed by atoms with E-state index in [1.54, 1.807) is 0 Å². The van der Waals surface area contributed by atoms with Crippen LogP contribution in [0.15, 0.2) is 52.2 Å². The fraction of sp³-hybridized carbons (Fsp3) is 0.176. The lowest BCUT2D eigenvalue weighted by Gasteiger charge is -2.13. The first-order valence-electron chi connectivity index (χ1n) is 8.05. The monoisotopic (exact) mass is 388 g/mol. The summed E-state index contributed by atoms with van der Waals surface area (Å²) in [6.45, 7) is 1.91. The predicted molar refractivity (Wildman–Crippen MR) is 99.4 cm³/mol. The van der Waals surface area contributed by atoms with Gasteiger partial charge in [0, 0.05) is 18.6 Å². The number of nitrogens with two attached hydrogens (primary N) is 1. The molecule has 0 bridgehead atoms. The number of rotatable bonds is 5. The van der Waals surface area contributed by atoms with Gasteiger partial charge in [-0.25, -0.2) is 18.5 Å². The minimum absolute atomic E-state index is 0.0688. The van der Waals surface area contributed by atoms with E-state index in [9.17, 15) is 23.3 Å². The third-order valence-electron chi connectivity index (χ3n) is 4.03. The van der Waals surface area contributed by atoms with Gasteiger partial charge in [0.15, 0.2) is 0 Å². The molecule has 0 saturated carbocycles.